The van der Waals surface area contributed by atoms with Gasteiger partial charge in [-0.05, 0) is 0 Å². The van der Waals surface area contributed by atoms with Crippen LogP contribution in [0, 0.1) is 0 Å². The van der Waals surface area contributed by atoms with Gasteiger partial charge in [0.15, 0.2) is 0 Å². The molecule has 0 heterocycles. The minimum atomic E-state index is -3.16. The Morgan fingerprint density at radius 3 is 1.40 bits per heavy atom. The van der Waals surface area contributed by atoms with Crippen LogP contribution in [0.15, 0.2) is 24.3 Å². The van der Waals surface area contributed by atoms with E-state index in [2.05, 4.69) is 70.7 Å². The molecule has 1 rings (SSSR count). The van der Waals surface area contributed by atoms with Gasteiger partial charge in [0.2, 0.25) is 0 Å². The first-order valence-electron chi connectivity index (χ1n) is 6.95. The molecule has 116 valence electrons. The van der Waals surface area contributed by atoms with Crippen molar-refractivity contribution in [3.63, 3.8) is 0 Å². The Morgan fingerprint density at radius 2 is 1.15 bits per heavy atom. The topological polar surface area (TPSA) is 3.24 Å². The molecule has 0 bridgehead atoms. The number of hydrogen-bond acceptors (Lipinski definition) is 1. The molecular formula is C16H28Cl2NP. The van der Waals surface area contributed by atoms with E-state index in [0.717, 1.165) is 11.0 Å². The van der Waals surface area contributed by atoms with Crippen LogP contribution in [0.1, 0.15) is 41.5 Å². The Labute approximate surface area is 134 Å². The van der Waals surface area contributed by atoms with Crippen molar-refractivity contribution in [2.75, 3.05) is 19.0 Å². The molecule has 20 heavy (non-hydrogen) atoms. The first-order chi connectivity index (χ1) is 8.72. The normalized spacial score (nSPS) is 15.6. The summed E-state index contributed by atoms with van der Waals surface area (Å²) in [5.41, 5.74) is 1.16. The molecule has 0 unspecified atom stereocenters. The van der Waals surface area contributed by atoms with Crippen LogP contribution >= 0.6 is 27.8 Å². The second-order valence-corrected chi connectivity index (χ2v) is 17.2. The van der Waals surface area contributed by atoms with E-state index in [4.69, 9.17) is 22.5 Å². The molecule has 0 amide bonds. The van der Waals surface area contributed by atoms with Crippen LogP contribution < -0.4 is 10.2 Å². The molecule has 0 aliphatic rings. The van der Waals surface area contributed by atoms with Crippen molar-refractivity contribution in [3.8, 4) is 0 Å². The van der Waals surface area contributed by atoms with Gasteiger partial charge in [-0.3, -0.25) is 0 Å². The molecule has 0 aliphatic heterocycles. The number of rotatable bonds is 2. The Kier molecular flexibility index (Phi) is 4.56. The maximum absolute atomic E-state index is 7.29. The molecule has 0 radical (unpaired) electrons. The van der Waals surface area contributed by atoms with Crippen LogP contribution in [0.4, 0.5) is 5.69 Å². The van der Waals surface area contributed by atoms with Crippen molar-refractivity contribution in [3.05, 3.63) is 24.3 Å². The monoisotopic (exact) mass is 335 g/mol. The number of anilines is 1. The van der Waals surface area contributed by atoms with Crippen LogP contribution in [-0.4, -0.2) is 24.4 Å². The van der Waals surface area contributed by atoms with Crippen LogP contribution in [0.25, 0.3) is 0 Å². The fraction of sp³-hybridized carbons (Fsp3) is 0.625. The number of hydrogen-bond donors (Lipinski definition) is 0. The molecule has 1 nitrogen and oxygen atoms in total. The van der Waals surface area contributed by atoms with Gasteiger partial charge in [0.05, 0.1) is 0 Å². The van der Waals surface area contributed by atoms with Crippen molar-refractivity contribution in [1.82, 2.24) is 0 Å². The first kappa shape index (κ1) is 18.1. The van der Waals surface area contributed by atoms with Crippen molar-refractivity contribution in [1.29, 1.82) is 0 Å². The van der Waals surface area contributed by atoms with E-state index in [1.54, 1.807) is 0 Å². The summed E-state index contributed by atoms with van der Waals surface area (Å²) in [6.45, 7) is 12.9. The van der Waals surface area contributed by atoms with Gasteiger partial charge in [0.25, 0.3) is 0 Å². The van der Waals surface area contributed by atoms with Crippen LogP contribution in [0.3, 0.4) is 0 Å². The van der Waals surface area contributed by atoms with Gasteiger partial charge in [-0.25, -0.2) is 0 Å². The van der Waals surface area contributed by atoms with E-state index in [0.29, 0.717) is 0 Å². The number of benzene rings is 1. The van der Waals surface area contributed by atoms with Gasteiger partial charge in [-0.1, -0.05) is 0 Å². The van der Waals surface area contributed by atoms with E-state index in [1.807, 2.05) is 14.1 Å². The molecule has 4 heteroatoms. The molecule has 1 aromatic rings. The summed E-state index contributed by atoms with van der Waals surface area (Å²) in [7, 11) is 4.06. The average Bonchev–Trinajstić information content (AvgIpc) is 2.26. The Hall–Kier alpha value is 0.0300. The molecule has 0 aromatic heterocycles. The van der Waals surface area contributed by atoms with Crippen LogP contribution in [0.5, 0.6) is 0 Å². The van der Waals surface area contributed by atoms with Crippen molar-refractivity contribution >= 4 is 38.8 Å². The zero-order valence-corrected chi connectivity index (χ0v) is 16.4. The third kappa shape index (κ3) is 2.47. The Balaban J connectivity index is 3.57. The predicted molar refractivity (Wildman–Crippen MR) is 98.5 cm³/mol. The summed E-state index contributed by atoms with van der Waals surface area (Å²) in [5.74, 6) is 0. The molecule has 1 aromatic carbocycles. The zero-order chi connectivity index (χ0) is 16.0. The third-order valence-corrected chi connectivity index (χ3v) is 17.3. The summed E-state index contributed by atoms with van der Waals surface area (Å²) in [5, 5.41) is -2.46. The van der Waals surface area contributed by atoms with Gasteiger partial charge in [-0.15, -0.1) is 0 Å². The molecular weight excluding hydrogens is 308 g/mol. The Morgan fingerprint density at radius 1 is 0.800 bits per heavy atom. The summed E-state index contributed by atoms with van der Waals surface area (Å²) in [6.07, 6.45) is 0. The quantitative estimate of drug-likeness (QED) is 0.614. The fourth-order valence-electron chi connectivity index (χ4n) is 2.79. The van der Waals surface area contributed by atoms with Gasteiger partial charge >= 0.3 is 134 Å². The second-order valence-electron chi connectivity index (χ2n) is 7.66. The van der Waals surface area contributed by atoms with E-state index < -0.39 is 5.31 Å². The number of nitrogens with zero attached hydrogens (tertiary/aromatic N) is 1. The fourth-order valence-corrected chi connectivity index (χ4v) is 7.70. The standard InChI is InChI=1S/C16H28Cl2NP/c1-15(2,3)20(17,18,16(4,5)6)14-11-9-13(10-12-14)19(7)8/h9-12H,1-8H3. The Bertz CT molecular complexity index is 461. The first-order valence-corrected chi connectivity index (χ1v) is 11.0. The van der Waals surface area contributed by atoms with Crippen LogP contribution in [0.2, 0.25) is 0 Å². The van der Waals surface area contributed by atoms with Crippen molar-refractivity contribution in [2.24, 2.45) is 0 Å². The molecule has 0 N–H and O–H groups in total. The molecule has 0 fully saturated rings. The molecule has 0 saturated heterocycles. The summed E-state index contributed by atoms with van der Waals surface area (Å²) in [4.78, 5) is 2.08. The average molecular weight is 336 g/mol. The van der Waals surface area contributed by atoms with Crippen molar-refractivity contribution < 1.29 is 0 Å². The van der Waals surface area contributed by atoms with E-state index in [9.17, 15) is 0 Å². The molecule has 0 atom stereocenters. The van der Waals surface area contributed by atoms with Gasteiger partial charge in [0.1, 0.15) is 0 Å². The van der Waals surface area contributed by atoms with Gasteiger partial charge in [-0.2, -0.15) is 0 Å². The minimum absolute atomic E-state index is 0.188. The predicted octanol–water partition coefficient (Wildman–Crippen LogP) is 5.84. The zero-order valence-electron chi connectivity index (χ0n) is 14.0. The van der Waals surface area contributed by atoms with E-state index in [1.165, 1.54) is 0 Å². The van der Waals surface area contributed by atoms with Crippen LogP contribution in [-0.2, 0) is 0 Å². The number of halogens is 2. The maximum atomic E-state index is 7.29. The second kappa shape index (κ2) is 5.04. The van der Waals surface area contributed by atoms with Gasteiger partial charge in [0, 0.05) is 0 Å². The molecule has 0 saturated carbocycles. The summed E-state index contributed by atoms with van der Waals surface area (Å²) < 4.78 is 0. The van der Waals surface area contributed by atoms with Gasteiger partial charge < -0.3 is 0 Å². The van der Waals surface area contributed by atoms with E-state index >= 15 is 0 Å². The summed E-state index contributed by atoms with van der Waals surface area (Å²) >= 11 is 14.6. The SMILES string of the molecule is CN(C)c1ccc(P(Cl)(Cl)(C(C)(C)C)C(C)(C)C)cc1. The molecule has 0 aliphatic carbocycles. The van der Waals surface area contributed by atoms with E-state index in [-0.39, 0.29) is 10.3 Å². The summed E-state index contributed by atoms with van der Waals surface area (Å²) in [6, 6.07) is 8.39. The van der Waals surface area contributed by atoms with Crippen molar-refractivity contribution in [2.45, 2.75) is 51.9 Å². The third-order valence-electron chi connectivity index (χ3n) is 4.18. The molecule has 0 spiro atoms.